The third-order valence-electron chi connectivity index (χ3n) is 4.95. The lowest BCUT2D eigenvalue weighted by molar-refractivity contribution is -0.134. The van der Waals surface area contributed by atoms with Gasteiger partial charge in [-0.2, -0.15) is 0 Å². The Balaban J connectivity index is 2.25. The molecule has 0 aliphatic carbocycles. The molecule has 130 valence electrons. The molecule has 0 aromatic heterocycles. The molecule has 4 nitrogen and oxygen atoms in total. The van der Waals surface area contributed by atoms with Crippen LogP contribution >= 0.6 is 0 Å². The van der Waals surface area contributed by atoms with Gasteiger partial charge in [0.1, 0.15) is 0 Å². The van der Waals surface area contributed by atoms with Crippen molar-refractivity contribution >= 4 is 13.1 Å². The van der Waals surface area contributed by atoms with Gasteiger partial charge in [-0.1, -0.05) is 35.9 Å². The second kappa shape index (κ2) is 7.12. The molecule has 1 aliphatic heterocycles. The van der Waals surface area contributed by atoms with Crippen molar-refractivity contribution in [1.29, 1.82) is 0 Å². The van der Waals surface area contributed by atoms with Crippen molar-refractivity contribution in [3.8, 4) is 0 Å². The molecule has 5 heteroatoms. The van der Waals surface area contributed by atoms with Gasteiger partial charge in [0.25, 0.3) is 0 Å². The van der Waals surface area contributed by atoms with Gasteiger partial charge in [0, 0.05) is 11.9 Å². The average Bonchev–Trinajstić information content (AvgIpc) is 2.72. The smallest absolute Gasteiger partial charge is 0.466 e. The molecule has 0 unspecified atom stereocenters. The first kappa shape index (κ1) is 18.7. The highest BCUT2D eigenvalue weighted by Crippen LogP contribution is 2.41. The van der Waals surface area contributed by atoms with Crippen molar-refractivity contribution in [3.05, 3.63) is 47.5 Å². The Morgan fingerprint density at radius 3 is 2.21 bits per heavy atom. The highest BCUT2D eigenvalue weighted by molar-refractivity contribution is 6.47. The lowest BCUT2D eigenvalue weighted by Gasteiger charge is -2.32. The SMILES string of the molecule is COC(=O)/C=C/C[C@H](B1OC(C)(C)C(C)(C)O1)c1ccc(C)cc1. The Hall–Kier alpha value is -1.59. The summed E-state index contributed by atoms with van der Waals surface area (Å²) >= 11 is 0. The predicted molar refractivity (Wildman–Crippen MR) is 95.8 cm³/mol. The number of hydrogen-bond donors (Lipinski definition) is 0. The molecule has 1 atom stereocenters. The van der Waals surface area contributed by atoms with Crippen LogP contribution in [-0.2, 0) is 18.8 Å². The molecular formula is C19H27BO4. The molecule has 1 fully saturated rings. The van der Waals surface area contributed by atoms with Gasteiger partial charge in [0.15, 0.2) is 0 Å². The van der Waals surface area contributed by atoms with Gasteiger partial charge in [-0.15, -0.1) is 0 Å². The Bertz CT molecular complexity index is 588. The van der Waals surface area contributed by atoms with E-state index in [1.54, 1.807) is 0 Å². The van der Waals surface area contributed by atoms with Gasteiger partial charge in [-0.3, -0.25) is 0 Å². The normalized spacial score (nSPS) is 20.3. The standard InChI is InChI=1S/C19H27BO4/c1-14-10-12-15(13-11-14)16(8-7-9-17(21)22-6)20-23-18(2,3)19(4,5)24-20/h7,9-13,16H,8H2,1-6H3/b9-7+/t16-/m0/s1. The van der Waals surface area contributed by atoms with Gasteiger partial charge >= 0.3 is 13.1 Å². The maximum absolute atomic E-state index is 11.3. The van der Waals surface area contributed by atoms with Gasteiger partial charge < -0.3 is 14.0 Å². The van der Waals surface area contributed by atoms with E-state index in [2.05, 4.69) is 35.9 Å². The third-order valence-corrected chi connectivity index (χ3v) is 4.95. The summed E-state index contributed by atoms with van der Waals surface area (Å²) in [5.74, 6) is -0.348. The fourth-order valence-electron chi connectivity index (χ4n) is 2.65. The molecule has 2 rings (SSSR count). The Morgan fingerprint density at radius 1 is 1.17 bits per heavy atom. The fraction of sp³-hybridized carbons (Fsp3) is 0.526. The molecular weight excluding hydrogens is 303 g/mol. The minimum absolute atomic E-state index is 0.00700. The van der Waals surface area contributed by atoms with Crippen molar-refractivity contribution < 1.29 is 18.8 Å². The van der Waals surface area contributed by atoms with Crippen LogP contribution in [0.25, 0.3) is 0 Å². The largest absolute Gasteiger partial charge is 0.466 e. The molecule has 1 aromatic carbocycles. The first-order valence-electron chi connectivity index (χ1n) is 8.33. The minimum Gasteiger partial charge on any atom is -0.466 e. The number of rotatable bonds is 5. The number of allylic oxidation sites excluding steroid dienone is 1. The molecule has 1 heterocycles. The van der Waals surface area contributed by atoms with Crippen molar-refractivity contribution in [2.45, 2.75) is 58.1 Å². The summed E-state index contributed by atoms with van der Waals surface area (Å²) < 4.78 is 17.1. The Labute approximate surface area is 145 Å². The van der Waals surface area contributed by atoms with E-state index < -0.39 is 0 Å². The van der Waals surface area contributed by atoms with Crippen LogP contribution in [0.5, 0.6) is 0 Å². The van der Waals surface area contributed by atoms with Crippen molar-refractivity contribution in [2.75, 3.05) is 7.11 Å². The molecule has 0 N–H and O–H groups in total. The zero-order valence-corrected chi connectivity index (χ0v) is 15.5. The molecule has 1 aromatic rings. The van der Waals surface area contributed by atoms with E-state index in [9.17, 15) is 4.79 Å². The summed E-state index contributed by atoms with van der Waals surface area (Å²) in [5.41, 5.74) is 1.57. The zero-order chi connectivity index (χ0) is 18.0. The maximum atomic E-state index is 11.3. The van der Waals surface area contributed by atoms with Crippen LogP contribution in [0.4, 0.5) is 0 Å². The summed E-state index contributed by atoms with van der Waals surface area (Å²) in [6.07, 6.45) is 3.91. The van der Waals surface area contributed by atoms with E-state index in [1.807, 2.05) is 33.8 Å². The van der Waals surface area contributed by atoms with Crippen molar-refractivity contribution in [3.63, 3.8) is 0 Å². The molecule has 0 saturated carbocycles. The molecule has 0 amide bonds. The number of ether oxygens (including phenoxy) is 1. The molecule has 1 saturated heterocycles. The van der Waals surface area contributed by atoms with Crippen LogP contribution < -0.4 is 0 Å². The van der Waals surface area contributed by atoms with Crippen molar-refractivity contribution in [1.82, 2.24) is 0 Å². The van der Waals surface area contributed by atoms with E-state index in [-0.39, 0.29) is 30.1 Å². The number of aryl methyl sites for hydroxylation is 1. The minimum atomic E-state index is -0.382. The van der Waals surface area contributed by atoms with E-state index in [0.717, 1.165) is 5.56 Å². The van der Waals surface area contributed by atoms with Crippen LogP contribution in [0.3, 0.4) is 0 Å². The fourth-order valence-corrected chi connectivity index (χ4v) is 2.65. The Kier molecular flexibility index (Phi) is 5.56. The quantitative estimate of drug-likeness (QED) is 0.468. The summed E-state index contributed by atoms with van der Waals surface area (Å²) in [4.78, 5) is 11.3. The lowest BCUT2D eigenvalue weighted by Crippen LogP contribution is -2.41. The molecule has 24 heavy (non-hydrogen) atoms. The van der Waals surface area contributed by atoms with Crippen LogP contribution in [-0.4, -0.2) is 31.4 Å². The van der Waals surface area contributed by atoms with E-state index >= 15 is 0 Å². The summed E-state index contributed by atoms with van der Waals surface area (Å²) in [6, 6.07) is 8.35. The van der Waals surface area contributed by atoms with Gasteiger partial charge in [-0.05, 0) is 46.6 Å². The number of carbonyl (C=O) groups is 1. The summed E-state index contributed by atoms with van der Waals surface area (Å²) in [7, 11) is 1.01. The maximum Gasteiger partial charge on any atom is 0.466 e. The van der Waals surface area contributed by atoms with Crippen LogP contribution in [0.1, 0.15) is 51.1 Å². The summed E-state index contributed by atoms with van der Waals surface area (Å²) in [5, 5.41) is 0. The number of benzene rings is 1. The average molecular weight is 330 g/mol. The van der Waals surface area contributed by atoms with Crippen LogP contribution in [0.2, 0.25) is 0 Å². The zero-order valence-electron chi connectivity index (χ0n) is 15.5. The second-order valence-electron chi connectivity index (χ2n) is 7.30. The van der Waals surface area contributed by atoms with Crippen LogP contribution in [0, 0.1) is 6.92 Å². The highest BCUT2D eigenvalue weighted by Gasteiger charge is 2.53. The molecule has 0 bridgehead atoms. The van der Waals surface area contributed by atoms with Gasteiger partial charge in [-0.25, -0.2) is 4.79 Å². The molecule has 0 spiro atoms. The highest BCUT2D eigenvalue weighted by atomic mass is 16.7. The molecule has 1 aliphatic rings. The number of carbonyl (C=O) groups excluding carboxylic acids is 1. The topological polar surface area (TPSA) is 44.8 Å². The number of hydrogen-bond acceptors (Lipinski definition) is 4. The number of esters is 1. The second-order valence-corrected chi connectivity index (χ2v) is 7.30. The van der Waals surface area contributed by atoms with Gasteiger partial charge in [0.2, 0.25) is 0 Å². The Morgan fingerprint density at radius 2 is 1.71 bits per heavy atom. The summed E-state index contributed by atoms with van der Waals surface area (Å²) in [6.45, 7) is 10.2. The van der Waals surface area contributed by atoms with Crippen molar-refractivity contribution in [2.24, 2.45) is 0 Å². The lowest BCUT2D eigenvalue weighted by atomic mass is 9.66. The third kappa shape index (κ3) is 4.08. The monoisotopic (exact) mass is 330 g/mol. The predicted octanol–water partition coefficient (Wildman–Crippen LogP) is 3.83. The first-order chi connectivity index (χ1) is 11.2. The van der Waals surface area contributed by atoms with Crippen LogP contribution in [0.15, 0.2) is 36.4 Å². The van der Waals surface area contributed by atoms with E-state index in [1.165, 1.54) is 18.7 Å². The van der Waals surface area contributed by atoms with E-state index in [0.29, 0.717) is 6.42 Å². The van der Waals surface area contributed by atoms with Gasteiger partial charge in [0.05, 0.1) is 18.3 Å². The number of methoxy groups -OCH3 is 1. The molecule has 0 radical (unpaired) electrons. The first-order valence-corrected chi connectivity index (χ1v) is 8.33. The van der Waals surface area contributed by atoms with E-state index in [4.69, 9.17) is 9.31 Å².